The zero-order valence-corrected chi connectivity index (χ0v) is 77.4. The Bertz CT molecular complexity index is 6020. The highest BCUT2D eigenvalue weighted by atomic mass is 35.5. The number of ketones is 3. The number of carboxylic acid groups (broad SMARTS) is 1. The van der Waals surface area contributed by atoms with Crippen molar-refractivity contribution in [1.82, 2.24) is 59.7 Å². The molecule has 5 amide bonds. The van der Waals surface area contributed by atoms with Crippen LogP contribution in [0.2, 0.25) is 15.1 Å². The number of benzene rings is 3. The Balaban J connectivity index is 0.000000170. The molecule has 692 valence electrons. The number of ether oxygens (including phenoxy) is 3. The van der Waals surface area contributed by atoms with E-state index in [0.717, 1.165) is 75.7 Å². The summed E-state index contributed by atoms with van der Waals surface area (Å²) in [5, 5.41) is 15.8. The first-order chi connectivity index (χ1) is 63.3. The second kappa shape index (κ2) is 44.2. The van der Waals surface area contributed by atoms with Gasteiger partial charge in [0.2, 0.25) is 0 Å². The number of amides is 5. The van der Waals surface area contributed by atoms with E-state index in [-0.39, 0.29) is 77.9 Å². The monoisotopic (exact) mass is 1860 g/mol. The number of anilines is 3. The minimum Gasteiger partial charge on any atom is -0.478 e. The second-order valence-electron chi connectivity index (χ2n) is 34.6. The van der Waals surface area contributed by atoms with Crippen molar-refractivity contribution in [3.05, 3.63) is 249 Å². The third kappa shape index (κ3) is 28.7. The predicted molar refractivity (Wildman–Crippen MR) is 511 cm³/mol. The van der Waals surface area contributed by atoms with Crippen molar-refractivity contribution in [2.75, 3.05) is 95.7 Å². The molecule has 31 nitrogen and oxygen atoms in total. The number of fused-ring (bicyclic) bond motifs is 3. The predicted octanol–water partition coefficient (Wildman–Crippen LogP) is 17.9. The Kier molecular flexibility index (Phi) is 32.5. The molecule has 3 saturated heterocycles. The quantitative estimate of drug-likeness (QED) is 0.0329. The maximum absolute atomic E-state index is 13.1. The van der Waals surface area contributed by atoms with Gasteiger partial charge in [0.15, 0.2) is 34.1 Å². The standard InChI is InChI=1S/2C33H34ClN5O5.C24H18ClN3O4.C9H18N2O2/c2*1-33(2,3)44-32(42)39-14-12-38(13-15-39)31(41)22-6-10-28(36-20-22)23-16-24-17-26(43-30(24)27(34)18-23)9-8-25(40)7-4-21-5-11-29(35)37-19-21;25-20-11-16(21-7-3-15(13-27-21)24(30)31)9-17-10-19(32-23(17)20)6-5-18(29)4-1-14-2-8-22(26)28-12-14;1-9(2,3)13-8(12)11-6-4-10-5-7-11/h2*4-7,10-11,16-20H,8-9,12-15H2,1-3H3,(H2,35,37);1-4,7-13H,5-6H2,(H2,26,28)(H,30,31);10H,4-7H2,1-3H3/b2*7-4+;4-1+;. The Morgan fingerprint density at radius 3 is 0.925 bits per heavy atom. The van der Waals surface area contributed by atoms with E-state index in [0.29, 0.717) is 166 Å². The molecule has 8 N–H and O–H groups in total. The van der Waals surface area contributed by atoms with Crippen LogP contribution in [-0.2, 0) is 47.9 Å². The molecule has 0 bridgehead atoms. The van der Waals surface area contributed by atoms with Crippen LogP contribution < -0.4 is 22.5 Å². The van der Waals surface area contributed by atoms with Gasteiger partial charge in [-0.05, 0) is 243 Å². The SMILES string of the molecule is CC(C)(C)OC(=O)N1CCN(C(=O)c2ccc(-c3cc(Cl)c4oc(CCC(=O)/C=C/c5ccc(N)nc5)cc4c3)nc2)CC1.CC(C)(C)OC(=O)N1CCN(C(=O)c2ccc(-c3cc(Cl)c4oc(CCC(=O)/C=C/c5ccc(N)nc5)cc4c3)nc2)CC1.CC(C)(C)OC(=O)N1CCNCC1.Nc1ccc(/C=C/C(=O)CCc2cc3cc(-c4ccc(C(=O)O)cn4)cc(Cl)c3o2)cn1. The summed E-state index contributed by atoms with van der Waals surface area (Å²) in [6.45, 7) is 23.1. The number of aromatic nitrogens is 6. The Morgan fingerprint density at radius 2 is 0.662 bits per heavy atom. The van der Waals surface area contributed by atoms with Crippen molar-refractivity contribution in [2.45, 2.75) is 118 Å². The molecule has 133 heavy (non-hydrogen) atoms. The number of nitrogens with one attached hydrogen (secondary N) is 1. The van der Waals surface area contributed by atoms with Crippen LogP contribution in [0.25, 0.3) is 84.9 Å². The van der Waals surface area contributed by atoms with Crippen LogP contribution in [0.3, 0.4) is 0 Å². The number of aryl methyl sites for hydroxylation is 3. The van der Waals surface area contributed by atoms with Crippen LogP contribution in [0.5, 0.6) is 0 Å². The van der Waals surface area contributed by atoms with Crippen molar-refractivity contribution >= 4 is 157 Å². The molecular weight excluding hydrogens is 1760 g/mol. The van der Waals surface area contributed by atoms with E-state index in [1.165, 1.54) is 30.5 Å². The molecule has 12 heterocycles. The van der Waals surface area contributed by atoms with Gasteiger partial charge in [0.1, 0.15) is 51.5 Å². The third-order valence-corrected chi connectivity index (χ3v) is 21.5. The van der Waals surface area contributed by atoms with E-state index in [9.17, 15) is 43.2 Å². The van der Waals surface area contributed by atoms with Crippen LogP contribution in [0.1, 0.15) is 147 Å². The van der Waals surface area contributed by atoms with Gasteiger partial charge in [-0.3, -0.25) is 38.9 Å². The van der Waals surface area contributed by atoms with Crippen LogP contribution >= 0.6 is 34.8 Å². The summed E-state index contributed by atoms with van der Waals surface area (Å²) < 4.78 is 33.8. The lowest BCUT2D eigenvalue weighted by Crippen LogP contribution is -2.51. The summed E-state index contributed by atoms with van der Waals surface area (Å²) in [4.78, 5) is 144. The fraction of sp³-hybridized carbons (Fsp3) is 0.303. The highest BCUT2D eigenvalue weighted by Crippen LogP contribution is 2.37. The molecule has 3 fully saturated rings. The lowest BCUT2D eigenvalue weighted by molar-refractivity contribution is -0.115. The molecular formula is C99H104Cl3N15O16. The maximum Gasteiger partial charge on any atom is 0.410 e. The van der Waals surface area contributed by atoms with Crippen molar-refractivity contribution in [1.29, 1.82) is 0 Å². The molecule has 0 spiro atoms. The number of carbonyl (C=O) groups excluding carboxylic acids is 8. The Morgan fingerprint density at radius 1 is 0.376 bits per heavy atom. The molecule has 0 aliphatic carbocycles. The Hall–Kier alpha value is -14.1. The Labute approximate surface area is 783 Å². The normalized spacial score (nSPS) is 13.7. The lowest BCUT2D eigenvalue weighted by atomic mass is 10.1. The molecule has 15 rings (SSSR count). The fourth-order valence-electron chi connectivity index (χ4n) is 13.9. The topological polar surface area (TPSA) is 425 Å². The van der Waals surface area contributed by atoms with E-state index in [1.54, 1.807) is 159 Å². The van der Waals surface area contributed by atoms with E-state index < -0.39 is 17.2 Å². The summed E-state index contributed by atoms with van der Waals surface area (Å²) in [6.07, 6.45) is 20.0. The highest BCUT2D eigenvalue weighted by Gasteiger charge is 2.32. The largest absolute Gasteiger partial charge is 0.478 e. The molecule has 9 aromatic heterocycles. The summed E-state index contributed by atoms with van der Waals surface area (Å²) >= 11 is 19.5. The number of hydrogen-bond donors (Lipinski definition) is 5. The number of hydrogen-bond acceptors (Lipinski definition) is 25. The van der Waals surface area contributed by atoms with Crippen molar-refractivity contribution in [2.24, 2.45) is 0 Å². The summed E-state index contributed by atoms with van der Waals surface area (Å²) in [7, 11) is 0. The first-order valence-electron chi connectivity index (χ1n) is 43.1. The average Bonchev–Trinajstić information content (AvgIpc) is 1.66. The van der Waals surface area contributed by atoms with E-state index in [1.807, 2.05) is 98.7 Å². The number of halogens is 3. The van der Waals surface area contributed by atoms with Gasteiger partial charge in [-0.15, -0.1) is 0 Å². The van der Waals surface area contributed by atoms with Crippen molar-refractivity contribution in [3.63, 3.8) is 0 Å². The number of allylic oxidation sites excluding steroid dienone is 3. The summed E-state index contributed by atoms with van der Waals surface area (Å²) in [5.41, 5.74) is 24.4. The zero-order valence-electron chi connectivity index (χ0n) is 75.1. The number of nitrogens with two attached hydrogens (primary N) is 3. The molecule has 0 radical (unpaired) electrons. The van der Waals surface area contributed by atoms with Gasteiger partial charge < -0.3 is 79.6 Å². The number of piperazine rings is 3. The first-order valence-corrected chi connectivity index (χ1v) is 44.2. The summed E-state index contributed by atoms with van der Waals surface area (Å²) in [6, 6.07) is 37.1. The van der Waals surface area contributed by atoms with Gasteiger partial charge in [-0.25, -0.2) is 34.1 Å². The van der Waals surface area contributed by atoms with Gasteiger partial charge in [-0.2, -0.15) is 0 Å². The minimum atomic E-state index is -1.04. The van der Waals surface area contributed by atoms with Crippen LogP contribution in [-0.4, -0.2) is 208 Å². The van der Waals surface area contributed by atoms with Crippen LogP contribution in [0, 0.1) is 0 Å². The molecule has 0 atom stereocenters. The van der Waals surface area contributed by atoms with Gasteiger partial charge >= 0.3 is 24.2 Å². The molecule has 3 aliphatic rings. The molecule has 3 aliphatic heterocycles. The van der Waals surface area contributed by atoms with E-state index in [4.69, 9.17) is 84.6 Å². The third-order valence-electron chi connectivity index (χ3n) is 20.7. The van der Waals surface area contributed by atoms with Crippen LogP contribution in [0.4, 0.5) is 31.8 Å². The number of aromatic carboxylic acids is 1. The zero-order chi connectivity index (χ0) is 95.4. The van der Waals surface area contributed by atoms with Crippen molar-refractivity contribution in [3.8, 4) is 33.8 Å². The summed E-state index contributed by atoms with van der Waals surface area (Å²) in [5.74, 6) is 1.76. The molecule has 0 saturated carbocycles. The lowest BCUT2D eigenvalue weighted by Gasteiger charge is -2.35. The highest BCUT2D eigenvalue weighted by molar-refractivity contribution is 6.36. The number of furan rings is 3. The molecule has 0 unspecified atom stereocenters. The van der Waals surface area contributed by atoms with Crippen LogP contribution in [0.15, 0.2) is 196 Å². The van der Waals surface area contributed by atoms with E-state index >= 15 is 0 Å². The van der Waals surface area contributed by atoms with E-state index in [2.05, 4.69) is 35.2 Å². The molecule has 34 heteroatoms. The first kappa shape index (κ1) is 97.9. The number of nitrogens with zero attached hydrogens (tertiary/aromatic N) is 11. The molecule has 12 aromatic rings. The second-order valence-corrected chi connectivity index (χ2v) is 35.8. The number of carboxylic acids is 1. The average molecular weight is 1870 g/mol. The van der Waals surface area contributed by atoms with Gasteiger partial charge in [0, 0.05) is 187 Å². The minimum absolute atomic E-state index is 0.0437. The number of nitrogen functional groups attached to an aromatic ring is 3. The number of rotatable bonds is 21. The van der Waals surface area contributed by atoms with Gasteiger partial charge in [0.05, 0.1) is 48.8 Å². The van der Waals surface area contributed by atoms with Gasteiger partial charge in [0.25, 0.3) is 11.8 Å². The number of carbonyl (C=O) groups is 9. The van der Waals surface area contributed by atoms with Crippen molar-refractivity contribution < 1.29 is 75.7 Å². The maximum atomic E-state index is 13.1. The number of pyridine rings is 6. The molecule has 3 aromatic carbocycles. The smallest absolute Gasteiger partial charge is 0.410 e. The fourth-order valence-corrected chi connectivity index (χ4v) is 14.7. The van der Waals surface area contributed by atoms with Gasteiger partial charge in [-0.1, -0.05) is 34.8 Å².